The van der Waals surface area contributed by atoms with Crippen LogP contribution in [-0.2, 0) is 0 Å². The molecule has 2 aliphatic rings. The van der Waals surface area contributed by atoms with Crippen molar-refractivity contribution < 1.29 is 0 Å². The van der Waals surface area contributed by atoms with Gasteiger partial charge in [0.05, 0.1) is 7.85 Å². The predicted molar refractivity (Wildman–Crippen MR) is 51.3 cm³/mol. The van der Waals surface area contributed by atoms with Crippen LogP contribution in [0.4, 0.5) is 0 Å². The maximum Gasteiger partial charge on any atom is 0.0863 e. The number of rotatable bonds is 1. The van der Waals surface area contributed by atoms with Crippen LogP contribution in [0, 0.1) is 11.8 Å². The summed E-state index contributed by atoms with van der Waals surface area (Å²) in [6, 6.07) is 0. The van der Waals surface area contributed by atoms with Crippen molar-refractivity contribution in [3.8, 4) is 0 Å². The van der Waals surface area contributed by atoms with Gasteiger partial charge in [0, 0.05) is 26.2 Å². The summed E-state index contributed by atoms with van der Waals surface area (Å²) in [4.78, 5) is 4.86. The maximum atomic E-state index is 5.65. The second-order valence-corrected chi connectivity index (χ2v) is 4.41. The fraction of sp³-hybridized carbons (Fsp3) is 1.00. The van der Waals surface area contributed by atoms with Crippen molar-refractivity contribution in [3.05, 3.63) is 0 Å². The molecule has 0 amide bonds. The molecule has 2 saturated heterocycles. The monoisotopic (exact) mass is 164 g/mol. The van der Waals surface area contributed by atoms with E-state index < -0.39 is 0 Å². The summed E-state index contributed by atoms with van der Waals surface area (Å²) in [7, 11) is 7.89. The van der Waals surface area contributed by atoms with E-state index in [9.17, 15) is 0 Å². The van der Waals surface area contributed by atoms with Crippen LogP contribution in [0.25, 0.3) is 0 Å². The number of hydrogen-bond acceptors (Lipinski definition) is 2. The Kier molecular flexibility index (Phi) is 2.42. The molecule has 0 N–H and O–H groups in total. The zero-order valence-corrected chi connectivity index (χ0v) is 7.87. The average molecular weight is 164 g/mol. The fourth-order valence-electron chi connectivity index (χ4n) is 2.80. The Hall–Kier alpha value is -0.0151. The molecule has 2 fully saturated rings. The number of likely N-dealkylation sites (tertiary alicyclic amines) is 2. The molecule has 0 aromatic heterocycles. The van der Waals surface area contributed by atoms with Gasteiger partial charge in [-0.2, -0.15) is 0 Å². The predicted octanol–water partition coefficient (Wildman–Crippen LogP) is -0.00410. The highest BCUT2D eigenvalue weighted by atomic mass is 15.2. The lowest BCUT2D eigenvalue weighted by Crippen LogP contribution is -2.51. The Morgan fingerprint density at radius 3 is 2.25 bits per heavy atom. The minimum Gasteiger partial charge on any atom is -0.311 e. The van der Waals surface area contributed by atoms with Crippen LogP contribution in [-0.4, -0.2) is 57.3 Å². The van der Waals surface area contributed by atoms with Crippen LogP contribution in [0.5, 0.6) is 0 Å². The van der Waals surface area contributed by atoms with Gasteiger partial charge >= 0.3 is 0 Å². The maximum absolute atomic E-state index is 5.65. The molecule has 0 spiro atoms. The minimum atomic E-state index is 0.747. The lowest BCUT2D eigenvalue weighted by atomic mass is 9.84. The van der Waals surface area contributed by atoms with Gasteiger partial charge in [0.25, 0.3) is 0 Å². The molecule has 2 bridgehead atoms. The van der Waals surface area contributed by atoms with E-state index in [0.29, 0.717) is 0 Å². The topological polar surface area (TPSA) is 6.48 Å². The number of fused-ring (bicyclic) bond motifs is 2. The van der Waals surface area contributed by atoms with E-state index in [0.717, 1.165) is 18.3 Å². The van der Waals surface area contributed by atoms with Crippen molar-refractivity contribution in [2.24, 2.45) is 11.8 Å². The molecule has 2 radical (unpaired) electrons. The second-order valence-electron chi connectivity index (χ2n) is 4.41. The van der Waals surface area contributed by atoms with Crippen molar-refractivity contribution in [3.63, 3.8) is 0 Å². The zero-order chi connectivity index (χ0) is 8.55. The summed E-state index contributed by atoms with van der Waals surface area (Å²) in [6.07, 6.45) is 2.18. The first-order chi connectivity index (χ1) is 5.78. The standard InChI is InChI=1S/C9H17BN2/c1-11-3-8-2-9(4-11)6-12(5-8)7-10/h8-9H,2-7H2,1H3. The van der Waals surface area contributed by atoms with Crippen LogP contribution in [0.1, 0.15) is 6.42 Å². The van der Waals surface area contributed by atoms with E-state index in [1.807, 2.05) is 0 Å². The van der Waals surface area contributed by atoms with Crippen LogP contribution >= 0.6 is 0 Å². The molecule has 2 rings (SSSR count). The molecule has 0 aromatic carbocycles. The van der Waals surface area contributed by atoms with Crippen molar-refractivity contribution in [2.75, 3.05) is 39.7 Å². The second kappa shape index (κ2) is 3.39. The molecule has 12 heavy (non-hydrogen) atoms. The van der Waals surface area contributed by atoms with E-state index in [1.54, 1.807) is 0 Å². The SMILES string of the molecule is [B]CN1CC2CC(CN(C)C2)C1. The van der Waals surface area contributed by atoms with Crippen LogP contribution in [0.2, 0.25) is 0 Å². The molecular weight excluding hydrogens is 147 g/mol. The van der Waals surface area contributed by atoms with E-state index in [4.69, 9.17) is 7.85 Å². The van der Waals surface area contributed by atoms with E-state index in [-0.39, 0.29) is 0 Å². The summed E-state index contributed by atoms with van der Waals surface area (Å²) in [5.41, 5.74) is 0. The molecule has 3 heteroatoms. The molecule has 2 aliphatic heterocycles. The lowest BCUT2D eigenvalue weighted by molar-refractivity contribution is 0.0528. The third kappa shape index (κ3) is 1.67. The highest BCUT2D eigenvalue weighted by molar-refractivity contribution is 6.08. The van der Waals surface area contributed by atoms with Crippen molar-refractivity contribution in [1.29, 1.82) is 0 Å². The van der Waals surface area contributed by atoms with Gasteiger partial charge in [0.15, 0.2) is 0 Å². The molecule has 2 atom stereocenters. The molecule has 2 nitrogen and oxygen atoms in total. The molecular formula is C9H17BN2. The van der Waals surface area contributed by atoms with Crippen molar-refractivity contribution in [2.45, 2.75) is 6.42 Å². The Morgan fingerprint density at radius 1 is 1.17 bits per heavy atom. The van der Waals surface area contributed by atoms with Gasteiger partial charge < -0.3 is 9.80 Å². The Labute approximate surface area is 76.3 Å². The molecule has 66 valence electrons. The van der Waals surface area contributed by atoms with Crippen molar-refractivity contribution >= 4 is 7.85 Å². The summed E-state index contributed by atoms with van der Waals surface area (Å²) in [6.45, 7) is 4.98. The molecule has 2 unspecified atom stereocenters. The third-order valence-corrected chi connectivity index (χ3v) is 3.10. The quantitative estimate of drug-likeness (QED) is 0.503. The summed E-state index contributed by atoms with van der Waals surface area (Å²) < 4.78 is 0. The Bertz CT molecular complexity index is 145. The first-order valence-corrected chi connectivity index (χ1v) is 4.89. The average Bonchev–Trinajstić information content (AvgIpc) is 2.02. The van der Waals surface area contributed by atoms with Gasteiger partial charge in [-0.3, -0.25) is 0 Å². The molecule has 0 aromatic rings. The highest BCUT2D eigenvalue weighted by Crippen LogP contribution is 2.27. The van der Waals surface area contributed by atoms with Gasteiger partial charge in [0.1, 0.15) is 0 Å². The number of nitrogens with zero attached hydrogens (tertiary/aromatic N) is 2. The fourth-order valence-corrected chi connectivity index (χ4v) is 2.80. The first kappa shape index (κ1) is 8.58. The molecule has 0 aliphatic carbocycles. The normalized spacial score (nSPS) is 38.4. The smallest absolute Gasteiger partial charge is 0.0863 e. The van der Waals surface area contributed by atoms with Gasteiger partial charge in [0.2, 0.25) is 0 Å². The van der Waals surface area contributed by atoms with Gasteiger partial charge in [-0.1, -0.05) is 0 Å². The Balaban J connectivity index is 1.96. The van der Waals surface area contributed by atoms with Crippen LogP contribution < -0.4 is 0 Å². The first-order valence-electron chi connectivity index (χ1n) is 4.89. The minimum absolute atomic E-state index is 0.747. The summed E-state index contributed by atoms with van der Waals surface area (Å²) in [5, 5.41) is 0. The molecule has 2 heterocycles. The van der Waals surface area contributed by atoms with Gasteiger partial charge in [-0.25, -0.2) is 0 Å². The summed E-state index contributed by atoms with van der Waals surface area (Å²) in [5.74, 6) is 1.76. The summed E-state index contributed by atoms with van der Waals surface area (Å²) >= 11 is 0. The van der Waals surface area contributed by atoms with E-state index >= 15 is 0 Å². The van der Waals surface area contributed by atoms with Crippen LogP contribution in [0.15, 0.2) is 0 Å². The van der Waals surface area contributed by atoms with Crippen LogP contribution in [0.3, 0.4) is 0 Å². The lowest BCUT2D eigenvalue weighted by Gasteiger charge is -2.44. The third-order valence-electron chi connectivity index (χ3n) is 3.10. The largest absolute Gasteiger partial charge is 0.311 e. The highest BCUT2D eigenvalue weighted by Gasteiger charge is 2.31. The number of piperidine rings is 2. The van der Waals surface area contributed by atoms with Gasteiger partial charge in [-0.15, -0.1) is 0 Å². The molecule has 0 saturated carbocycles. The number of hydrogen-bond donors (Lipinski definition) is 0. The van der Waals surface area contributed by atoms with E-state index in [1.165, 1.54) is 32.6 Å². The Morgan fingerprint density at radius 2 is 1.75 bits per heavy atom. The zero-order valence-electron chi connectivity index (χ0n) is 7.87. The van der Waals surface area contributed by atoms with E-state index in [2.05, 4.69) is 16.8 Å². The van der Waals surface area contributed by atoms with Gasteiger partial charge in [-0.05, 0) is 31.7 Å². The van der Waals surface area contributed by atoms with Crippen molar-refractivity contribution in [1.82, 2.24) is 9.80 Å².